The normalized spacial score (nSPS) is 17.2. The molecule has 1 fully saturated rings. The van der Waals surface area contributed by atoms with Gasteiger partial charge in [0, 0.05) is 24.7 Å². The van der Waals surface area contributed by atoms with Gasteiger partial charge in [-0.05, 0) is 55.9 Å². The van der Waals surface area contributed by atoms with Crippen molar-refractivity contribution >= 4 is 15.9 Å². The number of rotatable bonds is 6. The van der Waals surface area contributed by atoms with Gasteiger partial charge in [-0.15, -0.1) is 0 Å². The number of sulfonamides is 1. The number of carbonyl (C=O) groups excluding carboxylic acids is 1. The van der Waals surface area contributed by atoms with Crippen LogP contribution < -0.4 is 5.32 Å². The summed E-state index contributed by atoms with van der Waals surface area (Å²) in [6, 6.07) is 6.41. The average molecular weight is 353 g/mol. The monoisotopic (exact) mass is 352 g/mol. The molecule has 0 aliphatic carbocycles. The molecule has 1 aromatic carbocycles. The van der Waals surface area contributed by atoms with Crippen molar-refractivity contribution in [2.24, 2.45) is 5.92 Å². The first-order valence-electron chi connectivity index (χ1n) is 8.79. The number of amides is 1. The van der Waals surface area contributed by atoms with Gasteiger partial charge >= 0.3 is 0 Å². The van der Waals surface area contributed by atoms with Crippen LogP contribution in [-0.2, 0) is 10.0 Å². The van der Waals surface area contributed by atoms with Crippen molar-refractivity contribution in [1.29, 1.82) is 0 Å². The molecule has 0 spiro atoms. The van der Waals surface area contributed by atoms with Crippen molar-refractivity contribution in [3.8, 4) is 0 Å². The van der Waals surface area contributed by atoms with Crippen LogP contribution in [0, 0.1) is 5.92 Å². The number of carbonyl (C=O) groups is 1. The zero-order valence-corrected chi connectivity index (χ0v) is 15.6. The highest BCUT2D eigenvalue weighted by atomic mass is 32.2. The summed E-state index contributed by atoms with van der Waals surface area (Å²) in [4.78, 5) is 12.5. The minimum atomic E-state index is -3.46. The van der Waals surface area contributed by atoms with Crippen molar-refractivity contribution in [2.75, 3.05) is 13.1 Å². The summed E-state index contributed by atoms with van der Waals surface area (Å²) in [7, 11) is -3.46. The van der Waals surface area contributed by atoms with Crippen LogP contribution >= 0.6 is 0 Å². The summed E-state index contributed by atoms with van der Waals surface area (Å²) in [5.41, 5.74) is 0.494. The maximum atomic E-state index is 12.7. The fourth-order valence-electron chi connectivity index (χ4n) is 2.91. The maximum absolute atomic E-state index is 12.7. The van der Waals surface area contributed by atoms with Gasteiger partial charge in [0.25, 0.3) is 5.91 Å². The minimum absolute atomic E-state index is 0.149. The Labute approximate surface area is 145 Å². The van der Waals surface area contributed by atoms with Crippen LogP contribution in [-0.4, -0.2) is 37.8 Å². The van der Waals surface area contributed by atoms with Gasteiger partial charge in [0.2, 0.25) is 10.0 Å². The molecule has 0 unspecified atom stereocenters. The van der Waals surface area contributed by atoms with Crippen LogP contribution in [0.2, 0.25) is 0 Å². The van der Waals surface area contributed by atoms with Gasteiger partial charge in [-0.25, -0.2) is 8.42 Å². The molecular formula is C18H28N2O3S. The predicted octanol–water partition coefficient (Wildman–Crippen LogP) is 3.03. The number of piperidine rings is 1. The molecule has 0 aromatic heterocycles. The Morgan fingerprint density at radius 1 is 1.17 bits per heavy atom. The van der Waals surface area contributed by atoms with E-state index in [1.165, 1.54) is 12.1 Å². The Balaban J connectivity index is 2.09. The second kappa shape index (κ2) is 8.12. The number of nitrogens with zero attached hydrogens (tertiary/aromatic N) is 1. The molecule has 5 nitrogen and oxygen atoms in total. The molecular weight excluding hydrogens is 324 g/mol. The second-order valence-electron chi connectivity index (χ2n) is 6.60. The summed E-state index contributed by atoms with van der Waals surface area (Å²) in [5, 5.41) is 2.96. The van der Waals surface area contributed by atoms with Crippen molar-refractivity contribution in [3.05, 3.63) is 29.8 Å². The molecule has 1 aliphatic rings. The van der Waals surface area contributed by atoms with E-state index in [0.717, 1.165) is 25.7 Å². The van der Waals surface area contributed by atoms with E-state index in [2.05, 4.69) is 12.2 Å². The average Bonchev–Trinajstić information content (AvgIpc) is 2.60. The van der Waals surface area contributed by atoms with Crippen LogP contribution in [0.5, 0.6) is 0 Å². The van der Waals surface area contributed by atoms with Gasteiger partial charge in [-0.1, -0.05) is 20.8 Å². The lowest BCUT2D eigenvalue weighted by atomic mass is 10.0. The van der Waals surface area contributed by atoms with Gasteiger partial charge in [0.1, 0.15) is 0 Å². The van der Waals surface area contributed by atoms with Crippen molar-refractivity contribution in [2.45, 2.75) is 57.4 Å². The van der Waals surface area contributed by atoms with Crippen molar-refractivity contribution < 1.29 is 13.2 Å². The zero-order valence-electron chi connectivity index (χ0n) is 14.8. The van der Waals surface area contributed by atoms with Gasteiger partial charge in [-0.3, -0.25) is 4.79 Å². The van der Waals surface area contributed by atoms with E-state index in [-0.39, 0.29) is 16.8 Å². The van der Waals surface area contributed by atoms with E-state index in [0.29, 0.717) is 24.6 Å². The Morgan fingerprint density at radius 2 is 1.71 bits per heavy atom. The third-order valence-electron chi connectivity index (χ3n) is 4.82. The van der Waals surface area contributed by atoms with Crippen molar-refractivity contribution in [1.82, 2.24) is 9.62 Å². The van der Waals surface area contributed by atoms with E-state index in [9.17, 15) is 13.2 Å². The standard InChI is InChI=1S/C18H28N2O3S/c1-4-16(5-2)19-18(21)15-6-8-17(9-7-15)24(22,23)20-12-10-14(3)11-13-20/h6-9,14,16H,4-5,10-13H2,1-3H3,(H,19,21). The first-order chi connectivity index (χ1) is 11.4. The topological polar surface area (TPSA) is 66.5 Å². The Bertz CT molecular complexity index is 643. The van der Waals surface area contributed by atoms with Crippen LogP contribution in [0.4, 0.5) is 0 Å². The molecule has 2 rings (SSSR count). The van der Waals surface area contributed by atoms with E-state index in [4.69, 9.17) is 0 Å². The molecule has 1 aliphatic heterocycles. The van der Waals surface area contributed by atoms with Crippen LogP contribution in [0.25, 0.3) is 0 Å². The molecule has 24 heavy (non-hydrogen) atoms. The molecule has 0 radical (unpaired) electrons. The third kappa shape index (κ3) is 4.36. The summed E-state index contributed by atoms with van der Waals surface area (Å²) < 4.78 is 26.9. The fourth-order valence-corrected chi connectivity index (χ4v) is 4.38. The third-order valence-corrected chi connectivity index (χ3v) is 6.73. The van der Waals surface area contributed by atoms with E-state index < -0.39 is 10.0 Å². The first-order valence-corrected chi connectivity index (χ1v) is 10.2. The lowest BCUT2D eigenvalue weighted by Gasteiger charge is -2.29. The largest absolute Gasteiger partial charge is 0.349 e. The predicted molar refractivity (Wildman–Crippen MR) is 95.4 cm³/mol. The van der Waals surface area contributed by atoms with Crippen molar-refractivity contribution in [3.63, 3.8) is 0 Å². The van der Waals surface area contributed by atoms with E-state index in [1.54, 1.807) is 16.4 Å². The van der Waals surface area contributed by atoms with E-state index in [1.807, 2.05) is 13.8 Å². The van der Waals surface area contributed by atoms with Gasteiger partial charge in [0.15, 0.2) is 0 Å². The highest BCUT2D eigenvalue weighted by Gasteiger charge is 2.28. The smallest absolute Gasteiger partial charge is 0.251 e. The number of nitrogens with one attached hydrogen (secondary N) is 1. The lowest BCUT2D eigenvalue weighted by molar-refractivity contribution is 0.0934. The SMILES string of the molecule is CCC(CC)NC(=O)c1ccc(S(=O)(=O)N2CCC(C)CC2)cc1. The summed E-state index contributed by atoms with van der Waals surface area (Å²) in [6.07, 6.45) is 3.55. The molecule has 0 bridgehead atoms. The summed E-state index contributed by atoms with van der Waals surface area (Å²) >= 11 is 0. The number of hydrogen-bond acceptors (Lipinski definition) is 3. The van der Waals surface area contributed by atoms with Gasteiger partial charge in [-0.2, -0.15) is 4.31 Å². The van der Waals surface area contributed by atoms with Crippen LogP contribution in [0.15, 0.2) is 29.2 Å². The quantitative estimate of drug-likeness (QED) is 0.856. The second-order valence-corrected chi connectivity index (χ2v) is 8.54. The van der Waals surface area contributed by atoms with Crippen LogP contribution in [0.1, 0.15) is 56.8 Å². The number of hydrogen-bond donors (Lipinski definition) is 1. The highest BCUT2D eigenvalue weighted by molar-refractivity contribution is 7.89. The first kappa shape index (κ1) is 18.9. The maximum Gasteiger partial charge on any atom is 0.251 e. The fraction of sp³-hybridized carbons (Fsp3) is 0.611. The Hall–Kier alpha value is -1.40. The van der Waals surface area contributed by atoms with Gasteiger partial charge in [0.05, 0.1) is 4.90 Å². The molecule has 0 saturated carbocycles. The molecule has 1 heterocycles. The van der Waals surface area contributed by atoms with E-state index >= 15 is 0 Å². The molecule has 134 valence electrons. The zero-order chi connectivity index (χ0) is 17.7. The minimum Gasteiger partial charge on any atom is -0.349 e. The summed E-state index contributed by atoms with van der Waals surface area (Å²) in [6.45, 7) is 7.35. The lowest BCUT2D eigenvalue weighted by Crippen LogP contribution is -2.38. The molecule has 1 N–H and O–H groups in total. The van der Waals surface area contributed by atoms with Gasteiger partial charge < -0.3 is 5.32 Å². The Kier molecular flexibility index (Phi) is 6.40. The number of benzene rings is 1. The Morgan fingerprint density at radius 3 is 2.21 bits per heavy atom. The highest BCUT2D eigenvalue weighted by Crippen LogP contribution is 2.23. The molecule has 1 aromatic rings. The molecule has 1 amide bonds. The molecule has 6 heteroatoms. The molecule has 1 saturated heterocycles. The summed E-state index contributed by atoms with van der Waals surface area (Å²) in [5.74, 6) is 0.423. The van der Waals surface area contributed by atoms with Crippen LogP contribution in [0.3, 0.4) is 0 Å². The molecule has 0 atom stereocenters.